The highest BCUT2D eigenvalue weighted by Crippen LogP contribution is 2.31. The Bertz CT molecular complexity index is 546. The van der Waals surface area contributed by atoms with Crippen LogP contribution in [0, 0.1) is 0 Å². The molecule has 0 N–H and O–H groups in total. The van der Waals surface area contributed by atoms with E-state index in [1.807, 2.05) is 6.07 Å². The molecule has 1 nitrogen and oxygen atoms in total. The lowest BCUT2D eigenvalue weighted by Crippen LogP contribution is -2.17. The van der Waals surface area contributed by atoms with Crippen LogP contribution in [0.3, 0.4) is 0 Å². The molecule has 2 heteroatoms. The fourth-order valence-electron chi connectivity index (χ4n) is 2.15. The summed E-state index contributed by atoms with van der Waals surface area (Å²) < 4.78 is 5.25. The Kier molecular flexibility index (Phi) is 3.96. The van der Waals surface area contributed by atoms with Gasteiger partial charge in [-0.3, -0.25) is 0 Å². The lowest BCUT2D eigenvalue weighted by atomic mass is 9.81. The number of benzene rings is 2. The highest BCUT2D eigenvalue weighted by molar-refractivity contribution is 9.09. The van der Waals surface area contributed by atoms with Gasteiger partial charge in [-0.15, -0.1) is 0 Å². The first-order valence-corrected chi connectivity index (χ1v) is 7.33. The number of methoxy groups -OCH3 is 1. The molecular weight excluding hydrogens is 288 g/mol. The van der Waals surface area contributed by atoms with Crippen molar-refractivity contribution in [1.29, 1.82) is 0 Å². The van der Waals surface area contributed by atoms with Crippen LogP contribution < -0.4 is 4.74 Å². The van der Waals surface area contributed by atoms with Crippen LogP contribution in [0.25, 0.3) is 10.8 Å². The molecule has 0 amide bonds. The Labute approximate surface area is 117 Å². The lowest BCUT2D eigenvalue weighted by molar-refractivity contribution is 0.415. The van der Waals surface area contributed by atoms with Crippen molar-refractivity contribution in [2.45, 2.75) is 25.7 Å². The van der Waals surface area contributed by atoms with Gasteiger partial charge in [0.15, 0.2) is 0 Å². The molecule has 2 aromatic rings. The highest BCUT2D eigenvalue weighted by Gasteiger charge is 2.19. The SMILES string of the molecule is COc1ccc2cc(C(C)(C)CCBr)ccc2c1. The summed E-state index contributed by atoms with van der Waals surface area (Å²) in [5, 5.41) is 3.53. The minimum absolute atomic E-state index is 0.206. The second-order valence-corrected chi connectivity index (χ2v) is 6.04. The van der Waals surface area contributed by atoms with Crippen LogP contribution in [0.1, 0.15) is 25.8 Å². The van der Waals surface area contributed by atoms with Crippen molar-refractivity contribution in [3.05, 3.63) is 42.0 Å². The van der Waals surface area contributed by atoms with Crippen LogP contribution in [-0.2, 0) is 5.41 Å². The number of hydrogen-bond acceptors (Lipinski definition) is 1. The smallest absolute Gasteiger partial charge is 0.119 e. The molecule has 0 aromatic heterocycles. The maximum atomic E-state index is 5.25. The van der Waals surface area contributed by atoms with Gasteiger partial charge in [0.25, 0.3) is 0 Å². The molecule has 0 aliphatic heterocycles. The van der Waals surface area contributed by atoms with Crippen LogP contribution in [-0.4, -0.2) is 12.4 Å². The number of fused-ring (bicyclic) bond motifs is 1. The van der Waals surface area contributed by atoms with E-state index < -0.39 is 0 Å². The molecule has 0 atom stereocenters. The van der Waals surface area contributed by atoms with E-state index in [1.54, 1.807) is 7.11 Å². The van der Waals surface area contributed by atoms with E-state index in [9.17, 15) is 0 Å². The quantitative estimate of drug-likeness (QED) is 0.729. The molecule has 0 fully saturated rings. The maximum absolute atomic E-state index is 5.25. The summed E-state index contributed by atoms with van der Waals surface area (Å²) in [5.74, 6) is 0.912. The minimum Gasteiger partial charge on any atom is -0.497 e. The Hall–Kier alpha value is -1.02. The summed E-state index contributed by atoms with van der Waals surface area (Å²) in [6, 6.07) is 12.9. The van der Waals surface area contributed by atoms with E-state index in [2.05, 4.69) is 60.1 Å². The summed E-state index contributed by atoms with van der Waals surface area (Å²) in [5.41, 5.74) is 1.59. The molecule has 0 radical (unpaired) electrons. The molecule has 0 spiro atoms. The number of alkyl halides is 1. The van der Waals surface area contributed by atoms with Gasteiger partial charge in [0.2, 0.25) is 0 Å². The molecule has 18 heavy (non-hydrogen) atoms. The highest BCUT2D eigenvalue weighted by atomic mass is 79.9. The van der Waals surface area contributed by atoms with Gasteiger partial charge in [0.1, 0.15) is 5.75 Å². The van der Waals surface area contributed by atoms with E-state index in [0.29, 0.717) is 0 Å². The largest absolute Gasteiger partial charge is 0.497 e. The topological polar surface area (TPSA) is 9.23 Å². The van der Waals surface area contributed by atoms with Crippen LogP contribution in [0.5, 0.6) is 5.75 Å². The van der Waals surface area contributed by atoms with Crippen LogP contribution in [0.15, 0.2) is 36.4 Å². The Balaban J connectivity index is 2.45. The molecule has 0 aliphatic rings. The first kappa shape index (κ1) is 13.4. The van der Waals surface area contributed by atoms with Crippen molar-refractivity contribution in [3.63, 3.8) is 0 Å². The molecule has 0 heterocycles. The molecule has 2 aromatic carbocycles. The fraction of sp³-hybridized carbons (Fsp3) is 0.375. The first-order valence-electron chi connectivity index (χ1n) is 6.21. The summed E-state index contributed by atoms with van der Waals surface area (Å²) in [7, 11) is 1.70. The average Bonchev–Trinajstić information content (AvgIpc) is 2.37. The maximum Gasteiger partial charge on any atom is 0.119 e. The minimum atomic E-state index is 0.206. The molecule has 0 aliphatic carbocycles. The van der Waals surface area contributed by atoms with Gasteiger partial charge < -0.3 is 4.74 Å². The average molecular weight is 307 g/mol. The number of hydrogen-bond donors (Lipinski definition) is 0. The Morgan fingerprint density at radius 3 is 2.39 bits per heavy atom. The third-order valence-electron chi connectivity index (χ3n) is 3.55. The van der Waals surface area contributed by atoms with E-state index in [1.165, 1.54) is 16.3 Å². The van der Waals surface area contributed by atoms with Crippen LogP contribution >= 0.6 is 15.9 Å². The van der Waals surface area contributed by atoms with Crippen molar-refractivity contribution < 1.29 is 4.74 Å². The lowest BCUT2D eigenvalue weighted by Gasteiger charge is -2.24. The van der Waals surface area contributed by atoms with Crippen LogP contribution in [0.2, 0.25) is 0 Å². The van der Waals surface area contributed by atoms with Crippen LogP contribution in [0.4, 0.5) is 0 Å². The zero-order valence-electron chi connectivity index (χ0n) is 11.2. The van der Waals surface area contributed by atoms with Crippen molar-refractivity contribution in [2.75, 3.05) is 12.4 Å². The molecular formula is C16H19BrO. The standard InChI is InChI=1S/C16H19BrO/c1-16(2,8-9-17)14-6-4-13-11-15(18-3)7-5-12(13)10-14/h4-7,10-11H,8-9H2,1-3H3. The van der Waals surface area contributed by atoms with Gasteiger partial charge in [-0.05, 0) is 40.3 Å². The van der Waals surface area contributed by atoms with Crippen molar-refractivity contribution in [3.8, 4) is 5.75 Å². The van der Waals surface area contributed by atoms with Crippen molar-refractivity contribution in [2.24, 2.45) is 0 Å². The molecule has 0 bridgehead atoms. The van der Waals surface area contributed by atoms with Gasteiger partial charge in [-0.1, -0.05) is 54.0 Å². The third kappa shape index (κ3) is 2.69. The Morgan fingerprint density at radius 2 is 1.72 bits per heavy atom. The molecule has 0 unspecified atom stereocenters. The number of ether oxygens (including phenoxy) is 1. The van der Waals surface area contributed by atoms with Gasteiger partial charge in [-0.2, -0.15) is 0 Å². The molecule has 2 rings (SSSR count). The predicted octanol–water partition coefficient (Wildman–Crippen LogP) is 4.91. The van der Waals surface area contributed by atoms with Crippen molar-refractivity contribution >= 4 is 26.7 Å². The van der Waals surface area contributed by atoms with E-state index in [4.69, 9.17) is 4.74 Å². The van der Waals surface area contributed by atoms with Gasteiger partial charge in [0.05, 0.1) is 7.11 Å². The van der Waals surface area contributed by atoms with E-state index in [0.717, 1.165) is 17.5 Å². The van der Waals surface area contributed by atoms with Gasteiger partial charge in [-0.25, -0.2) is 0 Å². The predicted molar refractivity (Wildman–Crippen MR) is 81.9 cm³/mol. The third-order valence-corrected chi connectivity index (χ3v) is 3.94. The van der Waals surface area contributed by atoms with E-state index >= 15 is 0 Å². The number of rotatable bonds is 4. The zero-order chi connectivity index (χ0) is 13.2. The Morgan fingerprint density at radius 1 is 1.06 bits per heavy atom. The normalized spacial score (nSPS) is 11.8. The second kappa shape index (κ2) is 5.31. The fourth-order valence-corrected chi connectivity index (χ4v) is 3.14. The summed E-state index contributed by atoms with van der Waals surface area (Å²) >= 11 is 3.53. The molecule has 0 saturated carbocycles. The van der Waals surface area contributed by atoms with E-state index in [-0.39, 0.29) is 5.41 Å². The zero-order valence-corrected chi connectivity index (χ0v) is 12.8. The summed E-state index contributed by atoms with van der Waals surface area (Å²) in [6.45, 7) is 4.58. The van der Waals surface area contributed by atoms with Gasteiger partial charge in [0, 0.05) is 5.33 Å². The summed E-state index contributed by atoms with van der Waals surface area (Å²) in [6.07, 6.45) is 1.13. The molecule has 96 valence electrons. The monoisotopic (exact) mass is 306 g/mol. The number of halogens is 1. The second-order valence-electron chi connectivity index (χ2n) is 5.25. The van der Waals surface area contributed by atoms with Gasteiger partial charge >= 0.3 is 0 Å². The molecule has 0 saturated heterocycles. The first-order chi connectivity index (χ1) is 8.56. The van der Waals surface area contributed by atoms with Crippen molar-refractivity contribution in [1.82, 2.24) is 0 Å². The summed E-state index contributed by atoms with van der Waals surface area (Å²) in [4.78, 5) is 0.